The van der Waals surface area contributed by atoms with Gasteiger partial charge in [0.2, 0.25) is 5.91 Å². The summed E-state index contributed by atoms with van der Waals surface area (Å²) in [6, 6.07) is 15.3. The van der Waals surface area contributed by atoms with Gasteiger partial charge in [-0.1, -0.05) is 29.8 Å². The molecule has 0 saturated heterocycles. The van der Waals surface area contributed by atoms with Crippen LogP contribution in [0.15, 0.2) is 48.5 Å². The predicted molar refractivity (Wildman–Crippen MR) is 101 cm³/mol. The van der Waals surface area contributed by atoms with Gasteiger partial charge in [0.15, 0.2) is 0 Å². The van der Waals surface area contributed by atoms with Crippen LogP contribution in [-0.2, 0) is 4.79 Å². The van der Waals surface area contributed by atoms with Gasteiger partial charge < -0.3 is 5.32 Å². The minimum absolute atomic E-state index is 0.0625. The van der Waals surface area contributed by atoms with Gasteiger partial charge in [-0.25, -0.2) is 4.98 Å². The maximum absolute atomic E-state index is 12.2. The van der Waals surface area contributed by atoms with Crippen molar-refractivity contribution in [3.8, 4) is 0 Å². The van der Waals surface area contributed by atoms with Crippen LogP contribution in [-0.4, -0.2) is 29.4 Å². The molecule has 3 rings (SSSR count). The van der Waals surface area contributed by atoms with E-state index in [0.29, 0.717) is 10.7 Å². The first-order valence-corrected chi connectivity index (χ1v) is 8.83. The Morgan fingerprint density at radius 2 is 2.08 bits per heavy atom. The normalized spacial score (nSPS) is 12.5. The van der Waals surface area contributed by atoms with Crippen LogP contribution in [0.25, 0.3) is 10.2 Å². The number of anilines is 1. The number of hydrogen-bond acceptors (Lipinski definition) is 4. The highest BCUT2D eigenvalue weighted by atomic mass is 35.5. The fraction of sp³-hybridized carbons (Fsp3) is 0.222. The Balaban J connectivity index is 1.65. The monoisotopic (exact) mass is 359 g/mol. The lowest BCUT2D eigenvalue weighted by Gasteiger charge is -2.22. The van der Waals surface area contributed by atoms with Gasteiger partial charge >= 0.3 is 0 Å². The van der Waals surface area contributed by atoms with Gasteiger partial charge in [0.1, 0.15) is 5.01 Å². The molecule has 0 unspecified atom stereocenters. The van der Waals surface area contributed by atoms with E-state index in [2.05, 4.69) is 23.3 Å². The van der Waals surface area contributed by atoms with Crippen LogP contribution < -0.4 is 5.32 Å². The van der Waals surface area contributed by atoms with Gasteiger partial charge in [0.05, 0.1) is 22.8 Å². The fourth-order valence-electron chi connectivity index (χ4n) is 2.39. The number of thiazole rings is 1. The van der Waals surface area contributed by atoms with Crippen molar-refractivity contribution in [3.63, 3.8) is 0 Å². The van der Waals surface area contributed by atoms with Crippen molar-refractivity contribution in [2.24, 2.45) is 0 Å². The third-order valence-corrected chi connectivity index (χ3v) is 5.27. The zero-order valence-corrected chi connectivity index (χ0v) is 15.1. The second kappa shape index (κ2) is 7.30. The summed E-state index contributed by atoms with van der Waals surface area (Å²) in [6.07, 6.45) is 0. The molecular weight excluding hydrogens is 342 g/mol. The molecule has 24 heavy (non-hydrogen) atoms. The van der Waals surface area contributed by atoms with Crippen LogP contribution in [0.4, 0.5) is 5.69 Å². The number of hydrogen-bond donors (Lipinski definition) is 1. The molecule has 4 nitrogen and oxygen atoms in total. The third kappa shape index (κ3) is 3.93. The lowest BCUT2D eigenvalue weighted by atomic mass is 10.3. The number of nitrogens with one attached hydrogen (secondary N) is 1. The highest BCUT2D eigenvalue weighted by Crippen LogP contribution is 2.28. The smallest absolute Gasteiger partial charge is 0.238 e. The summed E-state index contributed by atoms with van der Waals surface area (Å²) < 4.78 is 1.16. The number of rotatable bonds is 5. The van der Waals surface area contributed by atoms with Gasteiger partial charge in [-0.3, -0.25) is 9.69 Å². The van der Waals surface area contributed by atoms with E-state index in [1.807, 2.05) is 42.3 Å². The maximum Gasteiger partial charge on any atom is 0.238 e. The first-order chi connectivity index (χ1) is 11.5. The lowest BCUT2D eigenvalue weighted by molar-refractivity contribution is -0.117. The number of para-hydroxylation sites is 1. The maximum atomic E-state index is 12.2. The first kappa shape index (κ1) is 16.9. The minimum atomic E-state index is -0.0762. The van der Waals surface area contributed by atoms with E-state index >= 15 is 0 Å². The first-order valence-electron chi connectivity index (χ1n) is 7.64. The summed E-state index contributed by atoms with van der Waals surface area (Å²) in [6.45, 7) is 2.34. The number of carbonyl (C=O) groups excluding carboxylic acids is 1. The molecule has 0 aliphatic heterocycles. The summed E-state index contributed by atoms with van der Waals surface area (Å²) in [5.74, 6) is -0.0762. The highest BCUT2D eigenvalue weighted by molar-refractivity contribution is 7.18. The molecule has 0 aliphatic carbocycles. The van der Waals surface area contributed by atoms with Crippen LogP contribution in [0.2, 0.25) is 5.02 Å². The quantitative estimate of drug-likeness (QED) is 0.725. The second-order valence-corrected chi connectivity index (χ2v) is 7.17. The number of nitrogens with zero attached hydrogens (tertiary/aromatic N) is 2. The Morgan fingerprint density at radius 1 is 1.29 bits per heavy atom. The predicted octanol–water partition coefficient (Wildman–Crippen LogP) is 4.58. The second-order valence-electron chi connectivity index (χ2n) is 5.67. The van der Waals surface area contributed by atoms with Gasteiger partial charge in [-0.15, -0.1) is 11.3 Å². The number of likely N-dealkylation sites (N-methyl/N-ethyl adjacent to an activating group) is 1. The van der Waals surface area contributed by atoms with Gasteiger partial charge in [-0.2, -0.15) is 0 Å². The number of carbonyl (C=O) groups is 1. The van der Waals surface area contributed by atoms with Crippen molar-refractivity contribution in [1.29, 1.82) is 0 Å². The van der Waals surface area contributed by atoms with Crippen LogP contribution >= 0.6 is 22.9 Å². The molecule has 1 amide bonds. The molecule has 0 spiro atoms. The Kier molecular flexibility index (Phi) is 5.14. The Bertz CT molecular complexity index is 831. The fourth-order valence-corrected chi connectivity index (χ4v) is 3.66. The SMILES string of the molecule is C[C@H](c1nc2ccccc2s1)N(C)CC(=O)Nc1cccc(Cl)c1. The van der Waals surface area contributed by atoms with Crippen molar-refractivity contribution in [2.45, 2.75) is 13.0 Å². The van der Waals surface area contributed by atoms with E-state index in [9.17, 15) is 4.79 Å². The molecule has 1 heterocycles. The number of halogens is 1. The lowest BCUT2D eigenvalue weighted by Crippen LogP contribution is -2.32. The Morgan fingerprint density at radius 3 is 2.83 bits per heavy atom. The standard InChI is InChI=1S/C18H18ClN3OS/c1-12(18-21-15-8-3-4-9-16(15)24-18)22(2)11-17(23)20-14-7-5-6-13(19)10-14/h3-10,12H,11H2,1-2H3,(H,20,23)/t12-/m1/s1. The molecule has 3 aromatic rings. The van der Waals surface area contributed by atoms with Gasteiger partial charge in [0.25, 0.3) is 0 Å². The average molecular weight is 360 g/mol. The van der Waals surface area contributed by atoms with Crippen molar-refractivity contribution in [2.75, 3.05) is 18.9 Å². The summed E-state index contributed by atoms with van der Waals surface area (Å²) in [5, 5.41) is 4.47. The van der Waals surface area contributed by atoms with Crippen molar-refractivity contribution in [3.05, 3.63) is 58.6 Å². The van der Waals surface area contributed by atoms with Crippen LogP contribution in [0.3, 0.4) is 0 Å². The number of aromatic nitrogens is 1. The van der Waals surface area contributed by atoms with E-state index < -0.39 is 0 Å². The van der Waals surface area contributed by atoms with Gasteiger partial charge in [0, 0.05) is 10.7 Å². The average Bonchev–Trinajstić information content (AvgIpc) is 2.97. The van der Waals surface area contributed by atoms with E-state index in [0.717, 1.165) is 15.2 Å². The number of amides is 1. The van der Waals surface area contributed by atoms with Crippen molar-refractivity contribution in [1.82, 2.24) is 9.88 Å². The van der Waals surface area contributed by atoms with Crippen LogP contribution in [0.5, 0.6) is 0 Å². The van der Waals surface area contributed by atoms with E-state index in [4.69, 9.17) is 11.6 Å². The molecule has 0 saturated carbocycles. The minimum Gasteiger partial charge on any atom is -0.325 e. The summed E-state index contributed by atoms with van der Waals surface area (Å²) >= 11 is 7.60. The molecule has 1 atom stereocenters. The Labute approximate surface area is 150 Å². The number of fused-ring (bicyclic) bond motifs is 1. The highest BCUT2D eigenvalue weighted by Gasteiger charge is 2.18. The molecule has 6 heteroatoms. The zero-order chi connectivity index (χ0) is 17.1. The van der Waals surface area contributed by atoms with Crippen molar-refractivity contribution < 1.29 is 4.79 Å². The van der Waals surface area contributed by atoms with E-state index in [-0.39, 0.29) is 18.5 Å². The summed E-state index contributed by atoms with van der Waals surface area (Å²) in [4.78, 5) is 18.9. The summed E-state index contributed by atoms with van der Waals surface area (Å²) in [7, 11) is 1.92. The summed E-state index contributed by atoms with van der Waals surface area (Å²) in [5.41, 5.74) is 1.70. The topological polar surface area (TPSA) is 45.2 Å². The molecule has 1 aromatic heterocycles. The van der Waals surface area contributed by atoms with E-state index in [1.165, 1.54) is 0 Å². The number of benzene rings is 2. The largest absolute Gasteiger partial charge is 0.325 e. The molecule has 0 aliphatic rings. The molecule has 0 bridgehead atoms. The zero-order valence-electron chi connectivity index (χ0n) is 13.5. The molecule has 1 N–H and O–H groups in total. The molecule has 0 radical (unpaired) electrons. The van der Waals surface area contributed by atoms with Crippen molar-refractivity contribution >= 4 is 44.7 Å². The molecule has 124 valence electrons. The molecular formula is C18H18ClN3OS. The van der Waals surface area contributed by atoms with E-state index in [1.54, 1.807) is 23.5 Å². The third-order valence-electron chi connectivity index (χ3n) is 3.83. The Hall–Kier alpha value is -1.95. The molecule has 2 aromatic carbocycles. The van der Waals surface area contributed by atoms with Crippen LogP contribution in [0, 0.1) is 0 Å². The molecule has 0 fully saturated rings. The van der Waals surface area contributed by atoms with Gasteiger partial charge in [-0.05, 0) is 44.3 Å². The van der Waals surface area contributed by atoms with Crippen LogP contribution in [0.1, 0.15) is 18.0 Å².